The number of fused-ring (bicyclic) bond motifs is 3. The van der Waals surface area contributed by atoms with E-state index in [0.29, 0.717) is 40.8 Å². The van der Waals surface area contributed by atoms with Crippen molar-refractivity contribution >= 4 is 45.0 Å². The number of amides is 3. The minimum atomic E-state index is -1.15. The van der Waals surface area contributed by atoms with E-state index in [1.54, 1.807) is 11.0 Å². The van der Waals surface area contributed by atoms with Crippen LogP contribution < -0.4 is 20.9 Å². The SMILES string of the molecule is O=C1N[C@]2(C(=O)NOCC3CC3)C[C@H]2/C=C\CCCCC[C@H](Nc2ccccc2)C(=O)N2C[C@H](Oc3nc4ccc(F)cc4s3)C[C@@H]12. The summed E-state index contributed by atoms with van der Waals surface area (Å²) in [6.07, 6.45) is 10.6. The summed E-state index contributed by atoms with van der Waals surface area (Å²) < 4.78 is 20.8. The normalized spacial score (nSPS) is 28.7. The van der Waals surface area contributed by atoms with Crippen LogP contribution in [-0.4, -0.2) is 64.5 Å². The average molecular weight is 662 g/mol. The molecule has 7 rings (SSSR count). The van der Waals surface area contributed by atoms with Crippen molar-refractivity contribution < 1.29 is 28.3 Å². The van der Waals surface area contributed by atoms with Crippen molar-refractivity contribution in [2.75, 3.05) is 18.5 Å². The molecule has 3 N–H and O–H groups in total. The van der Waals surface area contributed by atoms with Crippen LogP contribution in [0.4, 0.5) is 10.1 Å². The number of thiazole rings is 1. The largest absolute Gasteiger partial charge is 0.465 e. The number of hydrogen-bond acceptors (Lipinski definition) is 8. The predicted molar refractivity (Wildman–Crippen MR) is 176 cm³/mol. The third-order valence-corrected chi connectivity index (χ3v) is 10.4. The van der Waals surface area contributed by atoms with Crippen molar-refractivity contribution in [3.63, 3.8) is 0 Å². The number of halogens is 1. The fraction of sp³-hybridized carbons (Fsp3) is 0.486. The quantitative estimate of drug-likeness (QED) is 0.227. The average Bonchev–Trinajstić information content (AvgIpc) is 3.93. The number of para-hydroxylation sites is 1. The van der Waals surface area contributed by atoms with Gasteiger partial charge in [-0.3, -0.25) is 19.2 Å². The molecule has 248 valence electrons. The molecule has 3 aromatic rings. The van der Waals surface area contributed by atoms with Gasteiger partial charge in [-0.15, -0.1) is 0 Å². The molecule has 12 heteroatoms. The Kier molecular flexibility index (Phi) is 9.13. The van der Waals surface area contributed by atoms with E-state index in [2.05, 4.69) is 27.2 Å². The van der Waals surface area contributed by atoms with Crippen LogP contribution in [-0.2, 0) is 19.2 Å². The molecular weight excluding hydrogens is 621 g/mol. The molecule has 3 heterocycles. The van der Waals surface area contributed by atoms with Gasteiger partial charge in [-0.1, -0.05) is 54.5 Å². The standard InChI is InChI=1S/C35H40FN5O5S/c36-24-15-16-27-30(17-24)47-34(38-27)46-26-18-29-31(42)39-35(33(44)40-45-21-22-13-14-22)19-23(35)9-5-2-1-3-8-12-28(32(43)41(29)20-26)37-25-10-6-4-7-11-25/h4-7,9-11,15-17,22-23,26,28-29,37H,1-3,8,12-14,18-21H2,(H,39,42)(H,40,44)/b9-5-/t23-,26-,28+,29+,35-/m1/s1. The van der Waals surface area contributed by atoms with Gasteiger partial charge < -0.3 is 20.3 Å². The Bertz CT molecular complexity index is 1650. The number of benzene rings is 2. The number of rotatable bonds is 8. The molecule has 2 aliphatic carbocycles. The zero-order valence-corrected chi connectivity index (χ0v) is 27.0. The molecule has 3 fully saturated rings. The number of aromatic nitrogens is 1. The van der Waals surface area contributed by atoms with Gasteiger partial charge in [-0.25, -0.2) is 14.9 Å². The molecule has 4 aliphatic rings. The van der Waals surface area contributed by atoms with E-state index >= 15 is 0 Å². The molecule has 3 amide bonds. The van der Waals surface area contributed by atoms with Gasteiger partial charge in [0.25, 0.3) is 11.1 Å². The van der Waals surface area contributed by atoms with Crippen LogP contribution >= 0.6 is 11.3 Å². The van der Waals surface area contributed by atoms with Crippen LogP contribution in [0, 0.1) is 17.7 Å². The van der Waals surface area contributed by atoms with Gasteiger partial charge in [-0.05, 0) is 74.8 Å². The molecule has 2 aliphatic heterocycles. The van der Waals surface area contributed by atoms with Gasteiger partial charge >= 0.3 is 0 Å². The lowest BCUT2D eigenvalue weighted by Crippen LogP contribution is -2.57. The summed E-state index contributed by atoms with van der Waals surface area (Å²) in [5.74, 6) is -1.04. The van der Waals surface area contributed by atoms with Gasteiger partial charge in [0.05, 0.1) is 23.4 Å². The monoisotopic (exact) mass is 661 g/mol. The van der Waals surface area contributed by atoms with Crippen molar-refractivity contribution in [2.45, 2.75) is 81.5 Å². The van der Waals surface area contributed by atoms with Crippen molar-refractivity contribution in [3.05, 3.63) is 66.5 Å². The van der Waals surface area contributed by atoms with Crippen molar-refractivity contribution in [3.8, 4) is 5.19 Å². The number of hydrogen-bond donors (Lipinski definition) is 3. The van der Waals surface area contributed by atoms with Crippen LogP contribution in [0.25, 0.3) is 10.2 Å². The highest BCUT2D eigenvalue weighted by atomic mass is 32.1. The Morgan fingerprint density at radius 2 is 1.96 bits per heavy atom. The highest BCUT2D eigenvalue weighted by Crippen LogP contribution is 2.46. The summed E-state index contributed by atoms with van der Waals surface area (Å²) in [4.78, 5) is 53.7. The minimum Gasteiger partial charge on any atom is -0.465 e. The van der Waals surface area contributed by atoms with E-state index in [0.717, 1.165) is 44.2 Å². The molecule has 0 bridgehead atoms. The third-order valence-electron chi connectivity index (χ3n) is 9.54. The number of anilines is 1. The van der Waals surface area contributed by atoms with Gasteiger partial charge in [0.15, 0.2) is 0 Å². The summed E-state index contributed by atoms with van der Waals surface area (Å²) in [5, 5.41) is 6.81. The molecule has 5 atom stereocenters. The van der Waals surface area contributed by atoms with Crippen LogP contribution in [0.3, 0.4) is 0 Å². The second-order valence-corrected chi connectivity index (χ2v) is 14.2. The maximum absolute atomic E-state index is 14.4. The lowest BCUT2D eigenvalue weighted by molar-refractivity contribution is -0.143. The van der Waals surface area contributed by atoms with Crippen LogP contribution in [0.2, 0.25) is 0 Å². The predicted octanol–water partition coefficient (Wildman–Crippen LogP) is 5.12. The number of nitrogens with zero attached hydrogens (tertiary/aromatic N) is 2. The van der Waals surface area contributed by atoms with Gasteiger partial charge in [0.1, 0.15) is 29.5 Å². The Morgan fingerprint density at radius 3 is 2.79 bits per heavy atom. The molecule has 1 saturated heterocycles. The highest BCUT2D eigenvalue weighted by molar-refractivity contribution is 7.20. The minimum absolute atomic E-state index is 0.168. The lowest BCUT2D eigenvalue weighted by atomic mass is 10.0. The molecule has 1 aromatic heterocycles. The number of nitrogens with one attached hydrogen (secondary N) is 3. The van der Waals surface area contributed by atoms with Crippen LogP contribution in [0.1, 0.15) is 57.8 Å². The number of hydroxylamine groups is 1. The van der Waals surface area contributed by atoms with Gasteiger partial charge in [0.2, 0.25) is 11.8 Å². The van der Waals surface area contributed by atoms with Gasteiger partial charge in [-0.2, -0.15) is 0 Å². The number of carbonyl (C=O) groups is 3. The second kappa shape index (κ2) is 13.6. The first-order valence-electron chi connectivity index (χ1n) is 16.6. The molecular formula is C35H40FN5O5S. The summed E-state index contributed by atoms with van der Waals surface area (Å²) in [6, 6.07) is 12.5. The molecule has 0 unspecified atom stereocenters. The number of allylic oxidation sites excluding steroid dienone is 1. The summed E-state index contributed by atoms with van der Waals surface area (Å²) >= 11 is 1.22. The van der Waals surface area contributed by atoms with Crippen LogP contribution in [0.15, 0.2) is 60.7 Å². The first-order valence-corrected chi connectivity index (χ1v) is 17.5. The molecule has 2 saturated carbocycles. The number of carbonyl (C=O) groups excluding carboxylic acids is 3. The molecule has 47 heavy (non-hydrogen) atoms. The molecule has 2 aromatic carbocycles. The Morgan fingerprint density at radius 1 is 1.11 bits per heavy atom. The molecule has 10 nitrogen and oxygen atoms in total. The Balaban J connectivity index is 1.15. The van der Waals surface area contributed by atoms with E-state index < -0.39 is 29.6 Å². The Labute approximate surface area is 277 Å². The van der Waals surface area contributed by atoms with E-state index in [9.17, 15) is 18.8 Å². The van der Waals surface area contributed by atoms with Crippen LogP contribution in [0.5, 0.6) is 5.19 Å². The summed E-state index contributed by atoms with van der Waals surface area (Å²) in [6.45, 7) is 0.621. The summed E-state index contributed by atoms with van der Waals surface area (Å²) in [7, 11) is 0. The van der Waals surface area contributed by atoms with E-state index in [4.69, 9.17) is 9.57 Å². The zero-order valence-electron chi connectivity index (χ0n) is 26.2. The fourth-order valence-corrected chi connectivity index (χ4v) is 7.48. The maximum Gasteiger partial charge on any atom is 0.274 e. The van der Waals surface area contributed by atoms with E-state index in [-0.39, 0.29) is 36.5 Å². The zero-order chi connectivity index (χ0) is 32.4. The van der Waals surface area contributed by atoms with Crippen molar-refractivity contribution in [1.82, 2.24) is 20.7 Å². The highest BCUT2D eigenvalue weighted by Gasteiger charge is 2.61. The Hall–Kier alpha value is -4.03. The fourth-order valence-electron chi connectivity index (χ4n) is 6.57. The van der Waals surface area contributed by atoms with E-state index in [1.165, 1.54) is 23.5 Å². The van der Waals surface area contributed by atoms with Crippen molar-refractivity contribution in [2.24, 2.45) is 11.8 Å². The topological polar surface area (TPSA) is 122 Å². The maximum atomic E-state index is 14.4. The van der Waals surface area contributed by atoms with Crippen molar-refractivity contribution in [1.29, 1.82) is 0 Å². The lowest BCUT2D eigenvalue weighted by Gasteiger charge is -2.30. The first-order chi connectivity index (χ1) is 22.9. The smallest absolute Gasteiger partial charge is 0.274 e. The number of ether oxygens (including phenoxy) is 1. The van der Waals surface area contributed by atoms with E-state index in [1.807, 2.05) is 36.4 Å². The summed E-state index contributed by atoms with van der Waals surface area (Å²) in [5.41, 5.74) is 2.89. The third kappa shape index (κ3) is 7.28. The first kappa shape index (κ1) is 31.6. The molecule has 0 radical (unpaired) electrons. The second-order valence-electron chi connectivity index (χ2n) is 13.2. The molecule has 0 spiro atoms. The van der Waals surface area contributed by atoms with Gasteiger partial charge in [0, 0.05) is 18.0 Å².